The third-order valence-corrected chi connectivity index (χ3v) is 13.5. The second-order valence-electron chi connectivity index (χ2n) is 15.2. The number of ketones is 2. The maximum absolute atomic E-state index is 14.4. The summed E-state index contributed by atoms with van der Waals surface area (Å²) in [6.45, 7) is 19.5. The molecule has 0 radical (unpaired) electrons. The standard InChI is InChI=1S/C30H48O2/c1-19-20(31)9-10-21-27(19,5)12-11-22-28(6)16-15-26(4)14-13-25(2,3)17-23(26)29(28,7)18-24(32)30(21,22)8/h19,21-23H,9-18H2,1-8H3/t19-,21+,22+,23+,26+,27+,28+,29-,30-/m0/s1. The van der Waals surface area contributed by atoms with Crippen LogP contribution in [0.1, 0.15) is 120 Å². The molecule has 0 aromatic heterocycles. The van der Waals surface area contributed by atoms with Crippen molar-refractivity contribution < 1.29 is 9.59 Å². The zero-order valence-electron chi connectivity index (χ0n) is 22.2. The first kappa shape index (κ1) is 23.1. The summed E-state index contributed by atoms with van der Waals surface area (Å²) < 4.78 is 0. The molecular weight excluding hydrogens is 392 g/mol. The van der Waals surface area contributed by atoms with Gasteiger partial charge in [0, 0.05) is 24.2 Å². The molecule has 2 heteroatoms. The average Bonchev–Trinajstić information content (AvgIpc) is 2.70. The number of hydrogen-bond acceptors (Lipinski definition) is 2. The minimum Gasteiger partial charge on any atom is -0.299 e. The SMILES string of the molecule is C[C@H]1C(=O)CC[C@@H]2[C@]1(C)CC[C@H]1[C@@]2(C)C(=O)C[C@@]2(C)[C@@H]3CC(C)(C)CC[C@]3(C)CC[C@]12C. The van der Waals surface area contributed by atoms with Crippen LogP contribution in [0, 0.1) is 56.2 Å². The van der Waals surface area contributed by atoms with Gasteiger partial charge in [-0.25, -0.2) is 0 Å². The fraction of sp³-hybridized carbons (Fsp3) is 0.933. The van der Waals surface area contributed by atoms with Gasteiger partial charge >= 0.3 is 0 Å². The van der Waals surface area contributed by atoms with Crippen molar-refractivity contribution in [3.05, 3.63) is 0 Å². The van der Waals surface area contributed by atoms with Crippen LogP contribution in [0.5, 0.6) is 0 Å². The van der Waals surface area contributed by atoms with Crippen LogP contribution in [-0.2, 0) is 9.59 Å². The summed E-state index contributed by atoms with van der Waals surface area (Å²) in [6.07, 6.45) is 11.2. The van der Waals surface area contributed by atoms with E-state index >= 15 is 0 Å². The van der Waals surface area contributed by atoms with Crippen LogP contribution in [0.15, 0.2) is 0 Å². The van der Waals surface area contributed by atoms with Gasteiger partial charge in [0.2, 0.25) is 0 Å². The van der Waals surface area contributed by atoms with Crippen LogP contribution in [-0.4, -0.2) is 11.6 Å². The van der Waals surface area contributed by atoms with Crippen LogP contribution >= 0.6 is 0 Å². The summed E-state index contributed by atoms with van der Waals surface area (Å²) in [7, 11) is 0. The average molecular weight is 441 g/mol. The molecule has 0 N–H and O–H groups in total. The Labute approximate surface area is 197 Å². The summed E-state index contributed by atoms with van der Waals surface area (Å²) >= 11 is 0. The van der Waals surface area contributed by atoms with Gasteiger partial charge in [0.15, 0.2) is 0 Å². The van der Waals surface area contributed by atoms with Crippen molar-refractivity contribution in [2.24, 2.45) is 56.2 Å². The van der Waals surface area contributed by atoms with Crippen molar-refractivity contribution in [3.8, 4) is 0 Å². The van der Waals surface area contributed by atoms with Crippen LogP contribution in [0.3, 0.4) is 0 Å². The molecule has 32 heavy (non-hydrogen) atoms. The summed E-state index contributed by atoms with van der Waals surface area (Å²) in [5.74, 6) is 2.56. The lowest BCUT2D eigenvalue weighted by atomic mass is 9.30. The first-order valence-corrected chi connectivity index (χ1v) is 13.7. The van der Waals surface area contributed by atoms with Crippen molar-refractivity contribution in [2.45, 2.75) is 120 Å². The van der Waals surface area contributed by atoms with Crippen molar-refractivity contribution in [3.63, 3.8) is 0 Å². The summed E-state index contributed by atoms with van der Waals surface area (Å²) in [4.78, 5) is 27.1. The maximum Gasteiger partial charge on any atom is 0.139 e. The lowest BCUT2D eigenvalue weighted by Crippen LogP contribution is -2.70. The molecule has 0 heterocycles. The van der Waals surface area contributed by atoms with E-state index in [1.54, 1.807) is 0 Å². The lowest BCUT2D eigenvalue weighted by molar-refractivity contribution is -0.244. The van der Waals surface area contributed by atoms with E-state index in [1.165, 1.54) is 32.1 Å². The van der Waals surface area contributed by atoms with E-state index in [0.29, 0.717) is 46.6 Å². The third-order valence-electron chi connectivity index (χ3n) is 13.5. The molecule has 5 fully saturated rings. The molecule has 5 rings (SSSR count). The normalized spacial score (nSPS) is 57.1. The summed E-state index contributed by atoms with van der Waals surface area (Å²) in [6, 6.07) is 0. The molecule has 5 saturated carbocycles. The molecule has 180 valence electrons. The highest BCUT2D eigenvalue weighted by Crippen LogP contribution is 2.77. The van der Waals surface area contributed by atoms with E-state index in [-0.39, 0.29) is 27.6 Å². The Morgan fingerprint density at radius 2 is 1.38 bits per heavy atom. The monoisotopic (exact) mass is 440 g/mol. The Bertz CT molecular complexity index is 857. The molecule has 0 aliphatic heterocycles. The Kier molecular flexibility index (Phi) is 4.70. The molecule has 0 unspecified atom stereocenters. The van der Waals surface area contributed by atoms with E-state index < -0.39 is 0 Å². The topological polar surface area (TPSA) is 34.1 Å². The molecule has 0 spiro atoms. The van der Waals surface area contributed by atoms with Crippen LogP contribution in [0.25, 0.3) is 0 Å². The minimum atomic E-state index is -0.256. The molecule has 5 aliphatic rings. The predicted molar refractivity (Wildman–Crippen MR) is 130 cm³/mol. The van der Waals surface area contributed by atoms with Crippen LogP contribution < -0.4 is 0 Å². The lowest BCUT2D eigenvalue weighted by Gasteiger charge is -2.74. The Hall–Kier alpha value is -0.660. The smallest absolute Gasteiger partial charge is 0.139 e. The number of carbonyl (C=O) groups excluding carboxylic acids is 2. The number of hydrogen-bond donors (Lipinski definition) is 0. The highest BCUT2D eigenvalue weighted by molar-refractivity contribution is 5.89. The van der Waals surface area contributed by atoms with Gasteiger partial charge in [0.1, 0.15) is 11.6 Å². The molecule has 0 amide bonds. The van der Waals surface area contributed by atoms with Crippen molar-refractivity contribution >= 4 is 11.6 Å². The summed E-state index contributed by atoms with van der Waals surface area (Å²) in [5, 5.41) is 0. The third kappa shape index (κ3) is 2.59. The quantitative estimate of drug-likeness (QED) is 0.388. The summed E-state index contributed by atoms with van der Waals surface area (Å²) in [5.41, 5.74) is 0.846. The van der Waals surface area contributed by atoms with E-state index in [0.717, 1.165) is 25.7 Å². The van der Waals surface area contributed by atoms with E-state index in [1.807, 2.05) is 0 Å². The van der Waals surface area contributed by atoms with E-state index in [9.17, 15) is 9.59 Å². The molecule has 0 aromatic rings. The highest BCUT2D eigenvalue weighted by Gasteiger charge is 2.73. The zero-order valence-corrected chi connectivity index (χ0v) is 22.2. The van der Waals surface area contributed by atoms with Crippen molar-refractivity contribution in [1.29, 1.82) is 0 Å². The maximum atomic E-state index is 14.4. The van der Waals surface area contributed by atoms with Gasteiger partial charge in [-0.15, -0.1) is 0 Å². The Balaban J connectivity index is 1.60. The number of fused-ring (bicyclic) bond motifs is 7. The molecule has 2 nitrogen and oxygen atoms in total. The molecule has 0 saturated heterocycles. The van der Waals surface area contributed by atoms with Gasteiger partial charge in [-0.3, -0.25) is 9.59 Å². The fourth-order valence-corrected chi connectivity index (χ4v) is 10.9. The fourth-order valence-electron chi connectivity index (χ4n) is 10.9. The molecule has 0 bridgehead atoms. The minimum absolute atomic E-state index is 0.00362. The second kappa shape index (κ2) is 6.51. The number of carbonyl (C=O) groups is 2. The first-order chi connectivity index (χ1) is 14.6. The van der Waals surface area contributed by atoms with E-state index in [2.05, 4.69) is 55.4 Å². The van der Waals surface area contributed by atoms with Crippen molar-refractivity contribution in [2.75, 3.05) is 0 Å². The van der Waals surface area contributed by atoms with Gasteiger partial charge in [0.25, 0.3) is 0 Å². The van der Waals surface area contributed by atoms with Crippen LogP contribution in [0.2, 0.25) is 0 Å². The molecule has 0 aromatic carbocycles. The second-order valence-corrected chi connectivity index (χ2v) is 15.2. The van der Waals surface area contributed by atoms with Gasteiger partial charge in [-0.2, -0.15) is 0 Å². The van der Waals surface area contributed by atoms with Gasteiger partial charge in [-0.1, -0.05) is 55.4 Å². The largest absolute Gasteiger partial charge is 0.299 e. The highest BCUT2D eigenvalue weighted by atomic mass is 16.1. The Morgan fingerprint density at radius 3 is 2.06 bits per heavy atom. The van der Waals surface area contributed by atoms with Crippen LogP contribution in [0.4, 0.5) is 0 Å². The van der Waals surface area contributed by atoms with Gasteiger partial charge in [0.05, 0.1) is 0 Å². The number of rotatable bonds is 0. The predicted octanol–water partition coefficient (Wildman–Crippen LogP) is 7.64. The Morgan fingerprint density at radius 1 is 0.719 bits per heavy atom. The molecular formula is C30H48O2. The zero-order chi connectivity index (χ0) is 23.5. The molecule has 5 aliphatic carbocycles. The first-order valence-electron chi connectivity index (χ1n) is 13.7. The van der Waals surface area contributed by atoms with Gasteiger partial charge in [-0.05, 0) is 96.2 Å². The number of Topliss-reactive ketones (excluding diaryl/α,β-unsaturated/α-hetero) is 2. The molecule has 9 atom stereocenters. The van der Waals surface area contributed by atoms with Gasteiger partial charge < -0.3 is 0 Å². The van der Waals surface area contributed by atoms with E-state index in [4.69, 9.17) is 0 Å². The van der Waals surface area contributed by atoms with Crippen molar-refractivity contribution in [1.82, 2.24) is 0 Å².